The topological polar surface area (TPSA) is 52.2 Å². The molecule has 134 valence electrons. The molecule has 1 N–H and O–H groups in total. The Hall–Kier alpha value is -2.28. The van der Waals surface area contributed by atoms with Crippen LogP contribution in [0.25, 0.3) is 0 Å². The van der Waals surface area contributed by atoms with Crippen LogP contribution in [0, 0.1) is 25.5 Å². The molecule has 0 radical (unpaired) electrons. The molecule has 1 aromatic heterocycles. The Morgan fingerprint density at radius 3 is 2.32 bits per heavy atom. The van der Waals surface area contributed by atoms with Crippen LogP contribution in [0.3, 0.4) is 0 Å². The fraction of sp³-hybridized carbons (Fsp3) is 0.444. The summed E-state index contributed by atoms with van der Waals surface area (Å²) in [5.74, 6) is -1.03. The van der Waals surface area contributed by atoms with Crippen LogP contribution in [-0.2, 0) is 17.8 Å². The average Bonchev–Trinajstić information content (AvgIpc) is 2.86. The second-order valence-corrected chi connectivity index (χ2v) is 6.52. The van der Waals surface area contributed by atoms with E-state index in [-0.39, 0.29) is 5.91 Å². The number of aromatic amines is 1. The molecule has 1 aliphatic heterocycles. The molecule has 1 amide bonds. The molecule has 1 aromatic carbocycles. The largest absolute Gasteiger partial charge is 0.340 e. The van der Waals surface area contributed by atoms with Crippen LogP contribution in [-0.4, -0.2) is 52.1 Å². The number of amides is 1. The predicted molar refractivity (Wildman–Crippen MR) is 90.0 cm³/mol. The number of hydrogen-bond donors (Lipinski definition) is 1. The average molecular weight is 348 g/mol. The van der Waals surface area contributed by atoms with Crippen molar-refractivity contribution in [1.82, 2.24) is 20.0 Å². The van der Waals surface area contributed by atoms with Crippen LogP contribution in [0.4, 0.5) is 8.78 Å². The molecule has 0 spiro atoms. The molecule has 1 aliphatic rings. The van der Waals surface area contributed by atoms with Crippen molar-refractivity contribution in [3.8, 4) is 0 Å². The number of carbonyl (C=O) groups excluding carboxylic acids is 1. The third-order valence-corrected chi connectivity index (χ3v) is 4.66. The minimum absolute atomic E-state index is 0.0871. The van der Waals surface area contributed by atoms with E-state index in [1.165, 1.54) is 12.1 Å². The normalized spacial score (nSPS) is 15.6. The van der Waals surface area contributed by atoms with E-state index in [2.05, 4.69) is 15.1 Å². The van der Waals surface area contributed by atoms with E-state index in [1.54, 1.807) is 0 Å². The van der Waals surface area contributed by atoms with Gasteiger partial charge in [0, 0.05) is 50.0 Å². The van der Waals surface area contributed by atoms with Gasteiger partial charge in [0.1, 0.15) is 11.6 Å². The second-order valence-electron chi connectivity index (χ2n) is 6.52. The summed E-state index contributed by atoms with van der Waals surface area (Å²) in [6, 6.07) is 3.58. The van der Waals surface area contributed by atoms with Gasteiger partial charge in [-0.1, -0.05) is 0 Å². The Morgan fingerprint density at radius 2 is 1.76 bits per heavy atom. The Kier molecular flexibility index (Phi) is 5.13. The highest BCUT2D eigenvalue weighted by Gasteiger charge is 2.23. The van der Waals surface area contributed by atoms with Crippen LogP contribution in [0.2, 0.25) is 0 Å². The van der Waals surface area contributed by atoms with Gasteiger partial charge < -0.3 is 4.90 Å². The van der Waals surface area contributed by atoms with Gasteiger partial charge in [0.2, 0.25) is 5.91 Å². The summed E-state index contributed by atoms with van der Waals surface area (Å²) in [6.07, 6.45) is 0.350. The molecular formula is C18H22F2N4O. The van der Waals surface area contributed by atoms with E-state index >= 15 is 0 Å². The third kappa shape index (κ3) is 4.22. The number of nitrogens with one attached hydrogen (secondary N) is 1. The Labute approximate surface area is 145 Å². The van der Waals surface area contributed by atoms with Gasteiger partial charge in [0.15, 0.2) is 0 Å². The number of nitrogens with zero attached hydrogens (tertiary/aromatic N) is 3. The van der Waals surface area contributed by atoms with Crippen molar-refractivity contribution in [1.29, 1.82) is 0 Å². The molecule has 3 rings (SSSR count). The van der Waals surface area contributed by atoms with E-state index in [0.29, 0.717) is 44.7 Å². The second kappa shape index (κ2) is 7.31. The van der Waals surface area contributed by atoms with Crippen molar-refractivity contribution >= 4 is 5.91 Å². The molecule has 0 unspecified atom stereocenters. The van der Waals surface area contributed by atoms with E-state index in [9.17, 15) is 13.6 Å². The minimum Gasteiger partial charge on any atom is -0.340 e. The Bertz CT molecular complexity index is 727. The summed E-state index contributed by atoms with van der Waals surface area (Å²) < 4.78 is 26.6. The highest BCUT2D eigenvalue weighted by molar-refractivity contribution is 5.79. The molecule has 0 atom stereocenters. The lowest BCUT2D eigenvalue weighted by Gasteiger charge is -2.34. The SMILES string of the molecule is Cc1n[nH]c(C)c1CC(=O)N1CCN(Cc2cc(F)cc(F)c2)CC1. The summed E-state index contributed by atoms with van der Waals surface area (Å²) in [6.45, 7) is 6.90. The van der Waals surface area contributed by atoms with Gasteiger partial charge in [-0.25, -0.2) is 8.78 Å². The van der Waals surface area contributed by atoms with Gasteiger partial charge in [-0.05, 0) is 31.5 Å². The number of carbonyl (C=O) groups is 1. The molecule has 1 saturated heterocycles. The lowest BCUT2D eigenvalue weighted by atomic mass is 10.1. The molecule has 0 bridgehead atoms. The van der Waals surface area contributed by atoms with Gasteiger partial charge in [-0.15, -0.1) is 0 Å². The zero-order valence-corrected chi connectivity index (χ0v) is 14.5. The predicted octanol–water partition coefficient (Wildman–Crippen LogP) is 2.19. The van der Waals surface area contributed by atoms with Gasteiger partial charge in [-0.3, -0.25) is 14.8 Å². The van der Waals surface area contributed by atoms with E-state index < -0.39 is 11.6 Å². The fourth-order valence-corrected chi connectivity index (χ4v) is 3.21. The summed E-state index contributed by atoms with van der Waals surface area (Å²) >= 11 is 0. The van der Waals surface area contributed by atoms with Crippen molar-refractivity contribution in [2.75, 3.05) is 26.2 Å². The molecule has 5 nitrogen and oxygen atoms in total. The molecule has 0 saturated carbocycles. The molecule has 25 heavy (non-hydrogen) atoms. The van der Waals surface area contributed by atoms with Crippen LogP contribution >= 0.6 is 0 Å². The number of H-pyrrole nitrogens is 1. The fourth-order valence-electron chi connectivity index (χ4n) is 3.21. The maximum atomic E-state index is 13.3. The highest BCUT2D eigenvalue weighted by atomic mass is 19.1. The van der Waals surface area contributed by atoms with E-state index in [0.717, 1.165) is 23.0 Å². The maximum Gasteiger partial charge on any atom is 0.227 e. The molecular weight excluding hydrogens is 326 g/mol. The summed E-state index contributed by atoms with van der Waals surface area (Å²) in [7, 11) is 0. The quantitative estimate of drug-likeness (QED) is 0.922. The molecule has 0 aliphatic carbocycles. The smallest absolute Gasteiger partial charge is 0.227 e. The van der Waals surface area contributed by atoms with Gasteiger partial charge in [0.25, 0.3) is 0 Å². The number of benzene rings is 1. The minimum atomic E-state index is -0.560. The number of aryl methyl sites for hydroxylation is 2. The van der Waals surface area contributed by atoms with Crippen molar-refractivity contribution in [2.45, 2.75) is 26.8 Å². The standard InChI is InChI=1S/C18H22F2N4O/c1-12-17(13(2)22-21-12)10-18(25)24-5-3-23(4-6-24)11-14-7-15(19)9-16(20)8-14/h7-9H,3-6,10-11H2,1-2H3,(H,21,22). The van der Waals surface area contributed by atoms with Crippen molar-refractivity contribution in [2.24, 2.45) is 0 Å². The van der Waals surface area contributed by atoms with Crippen LogP contribution in [0.1, 0.15) is 22.5 Å². The number of hydrogen-bond acceptors (Lipinski definition) is 3. The lowest BCUT2D eigenvalue weighted by Crippen LogP contribution is -2.48. The van der Waals surface area contributed by atoms with Crippen molar-refractivity contribution in [3.63, 3.8) is 0 Å². The summed E-state index contributed by atoms with van der Waals surface area (Å²) in [5, 5.41) is 7.02. The van der Waals surface area contributed by atoms with Crippen molar-refractivity contribution in [3.05, 3.63) is 52.3 Å². The zero-order chi connectivity index (χ0) is 18.0. The van der Waals surface area contributed by atoms with Crippen LogP contribution < -0.4 is 0 Å². The van der Waals surface area contributed by atoms with Gasteiger partial charge >= 0.3 is 0 Å². The number of rotatable bonds is 4. The number of aromatic nitrogens is 2. The molecule has 2 heterocycles. The molecule has 1 fully saturated rings. The first kappa shape index (κ1) is 17.5. The monoisotopic (exact) mass is 348 g/mol. The van der Waals surface area contributed by atoms with Gasteiger partial charge in [-0.2, -0.15) is 5.10 Å². The lowest BCUT2D eigenvalue weighted by molar-refractivity contribution is -0.132. The van der Waals surface area contributed by atoms with E-state index in [4.69, 9.17) is 0 Å². The Balaban J connectivity index is 1.54. The number of piperazine rings is 1. The van der Waals surface area contributed by atoms with E-state index in [1.807, 2.05) is 18.7 Å². The van der Waals surface area contributed by atoms with Crippen molar-refractivity contribution < 1.29 is 13.6 Å². The van der Waals surface area contributed by atoms with Gasteiger partial charge in [0.05, 0.1) is 12.1 Å². The van der Waals surface area contributed by atoms with Crippen LogP contribution in [0.15, 0.2) is 18.2 Å². The molecule has 7 heteroatoms. The first-order chi connectivity index (χ1) is 11.9. The highest BCUT2D eigenvalue weighted by Crippen LogP contribution is 2.15. The first-order valence-corrected chi connectivity index (χ1v) is 8.38. The Morgan fingerprint density at radius 1 is 1.12 bits per heavy atom. The van der Waals surface area contributed by atoms with Crippen LogP contribution in [0.5, 0.6) is 0 Å². The first-order valence-electron chi connectivity index (χ1n) is 8.38. The summed E-state index contributed by atoms with van der Waals surface area (Å²) in [4.78, 5) is 16.4. The third-order valence-electron chi connectivity index (χ3n) is 4.66. The zero-order valence-electron chi connectivity index (χ0n) is 14.5. The summed E-state index contributed by atoms with van der Waals surface area (Å²) in [5.41, 5.74) is 3.36. The number of halogens is 2. The molecule has 2 aromatic rings. The maximum absolute atomic E-state index is 13.3.